The van der Waals surface area contributed by atoms with Gasteiger partial charge in [0.1, 0.15) is 29.7 Å². The molecule has 1 fully saturated rings. The molecule has 0 saturated carbocycles. The van der Waals surface area contributed by atoms with Gasteiger partial charge in [-0.3, -0.25) is 4.79 Å². The van der Waals surface area contributed by atoms with Gasteiger partial charge in [0.2, 0.25) is 0 Å². The Balaban J connectivity index is 1.79. The average molecular weight is 506 g/mol. The third-order valence-electron chi connectivity index (χ3n) is 5.43. The van der Waals surface area contributed by atoms with Crippen LogP contribution in [0.4, 0.5) is 25.2 Å². The molecule has 0 spiro atoms. The summed E-state index contributed by atoms with van der Waals surface area (Å²) in [5, 5.41) is 5.67. The normalized spacial score (nSPS) is 17.3. The fourth-order valence-corrected chi connectivity index (χ4v) is 3.73. The first-order valence-corrected chi connectivity index (χ1v) is 11.8. The molecule has 11 heteroatoms. The summed E-state index contributed by atoms with van der Waals surface area (Å²) in [4.78, 5) is 35.2. The fourth-order valence-electron chi connectivity index (χ4n) is 3.73. The van der Waals surface area contributed by atoms with E-state index in [4.69, 9.17) is 9.47 Å². The minimum absolute atomic E-state index is 0.00727. The number of ether oxygens (including phenoxy) is 2. The number of amides is 2. The zero-order valence-electron chi connectivity index (χ0n) is 21.2. The number of piperidine rings is 1. The molecule has 196 valence electrons. The predicted molar refractivity (Wildman–Crippen MR) is 131 cm³/mol. The summed E-state index contributed by atoms with van der Waals surface area (Å²) in [6.45, 7) is 8.45. The van der Waals surface area contributed by atoms with Gasteiger partial charge in [0, 0.05) is 24.2 Å². The van der Waals surface area contributed by atoms with E-state index in [9.17, 15) is 18.4 Å². The number of hydrogen-bond donors (Lipinski definition) is 2. The first kappa shape index (κ1) is 27.1. The quantitative estimate of drug-likeness (QED) is 0.562. The summed E-state index contributed by atoms with van der Waals surface area (Å²) in [6.07, 6.45) is 0.493. The predicted octanol–water partition coefficient (Wildman–Crippen LogP) is 4.69. The number of aromatic nitrogens is 2. The third-order valence-corrected chi connectivity index (χ3v) is 5.43. The van der Waals surface area contributed by atoms with E-state index in [1.54, 1.807) is 58.2 Å². The topological polar surface area (TPSA) is 106 Å². The van der Waals surface area contributed by atoms with E-state index in [1.807, 2.05) is 6.92 Å². The highest BCUT2D eigenvalue weighted by Crippen LogP contribution is 2.32. The molecule has 2 aromatic heterocycles. The van der Waals surface area contributed by atoms with Gasteiger partial charge in [0.15, 0.2) is 0 Å². The van der Waals surface area contributed by atoms with Crippen molar-refractivity contribution in [1.29, 1.82) is 0 Å². The molecule has 3 rings (SSSR count). The van der Waals surface area contributed by atoms with E-state index in [0.717, 1.165) is 4.90 Å². The first-order valence-electron chi connectivity index (χ1n) is 11.8. The Labute approximate surface area is 209 Å². The van der Waals surface area contributed by atoms with Crippen LogP contribution in [-0.4, -0.2) is 64.1 Å². The van der Waals surface area contributed by atoms with Crippen molar-refractivity contribution < 1.29 is 27.8 Å². The molecule has 2 amide bonds. The molecule has 1 unspecified atom stereocenters. The molecule has 3 heterocycles. The number of carbonyl (C=O) groups excluding carboxylic acids is 2. The van der Waals surface area contributed by atoms with Gasteiger partial charge in [-0.15, -0.1) is 0 Å². The molecule has 1 aliphatic heterocycles. The number of rotatable bonds is 7. The molecule has 1 aliphatic rings. The van der Waals surface area contributed by atoms with Gasteiger partial charge < -0.3 is 25.0 Å². The monoisotopic (exact) mass is 505 g/mol. The number of hydrogen-bond acceptors (Lipinski definition) is 7. The van der Waals surface area contributed by atoms with Gasteiger partial charge >= 0.3 is 6.09 Å². The van der Waals surface area contributed by atoms with Crippen molar-refractivity contribution in [3.63, 3.8) is 0 Å². The van der Waals surface area contributed by atoms with Crippen molar-refractivity contribution in [2.45, 2.75) is 65.0 Å². The van der Waals surface area contributed by atoms with Crippen molar-refractivity contribution >= 4 is 23.6 Å². The largest absolute Gasteiger partial charge is 0.494 e. The van der Waals surface area contributed by atoms with Crippen molar-refractivity contribution in [3.8, 4) is 5.75 Å². The Hall–Kier alpha value is -3.50. The fraction of sp³-hybridized carbons (Fsp3) is 0.520. The number of nitrogens with zero attached hydrogens (tertiary/aromatic N) is 3. The highest BCUT2D eigenvalue weighted by molar-refractivity contribution is 5.94. The van der Waals surface area contributed by atoms with Crippen LogP contribution in [0.3, 0.4) is 0 Å². The Morgan fingerprint density at radius 3 is 2.67 bits per heavy atom. The van der Waals surface area contributed by atoms with Crippen molar-refractivity contribution in [1.82, 2.24) is 20.2 Å². The number of alkyl halides is 2. The van der Waals surface area contributed by atoms with Gasteiger partial charge in [-0.25, -0.2) is 23.5 Å². The Morgan fingerprint density at radius 1 is 1.22 bits per heavy atom. The number of aryl methyl sites for hydroxylation is 1. The number of pyridine rings is 2. The standard InChI is InChI=1S/C25H33F2N5O4/c1-6-35-18-10-12-28-20(13-18)29-19-8-7-16(2)21(30-19)22(33)32-15-25(26,27)11-9-17(32)14-36-23(34)31-24(3,4)5/h7-8,10,12-13,17H,6,9,11,14-15H2,1-5H3,(H,31,34)(H,28,29,30). The van der Waals surface area contributed by atoms with Crippen LogP contribution < -0.4 is 15.4 Å². The lowest BCUT2D eigenvalue weighted by molar-refractivity contribution is -0.0792. The summed E-state index contributed by atoms with van der Waals surface area (Å²) in [7, 11) is 0. The zero-order valence-corrected chi connectivity index (χ0v) is 21.2. The molecule has 0 bridgehead atoms. The summed E-state index contributed by atoms with van der Waals surface area (Å²) in [5.74, 6) is -2.31. The number of alkyl carbamates (subject to hydrolysis) is 1. The molecule has 0 radical (unpaired) electrons. The average Bonchev–Trinajstić information content (AvgIpc) is 2.78. The Morgan fingerprint density at radius 2 is 1.97 bits per heavy atom. The smallest absolute Gasteiger partial charge is 0.407 e. The second-order valence-corrected chi connectivity index (χ2v) is 9.75. The molecule has 1 saturated heterocycles. The van der Waals surface area contributed by atoms with E-state index >= 15 is 0 Å². The van der Waals surface area contributed by atoms with Gasteiger partial charge in [-0.05, 0) is 58.7 Å². The number of likely N-dealkylation sites (tertiary alicyclic amines) is 1. The third kappa shape index (κ3) is 7.50. The van der Waals surface area contributed by atoms with E-state index in [1.165, 1.54) is 0 Å². The number of anilines is 2. The summed E-state index contributed by atoms with van der Waals surface area (Å²) in [5.41, 5.74) is 0.0425. The molecule has 0 aliphatic carbocycles. The van der Waals surface area contributed by atoms with E-state index in [0.29, 0.717) is 29.6 Å². The van der Waals surface area contributed by atoms with E-state index in [-0.39, 0.29) is 18.7 Å². The van der Waals surface area contributed by atoms with Gasteiger partial charge in [0.25, 0.3) is 11.8 Å². The lowest BCUT2D eigenvalue weighted by atomic mass is 9.98. The van der Waals surface area contributed by atoms with Crippen molar-refractivity contribution in [2.75, 3.05) is 25.1 Å². The summed E-state index contributed by atoms with van der Waals surface area (Å²) in [6, 6.07) is 6.05. The lowest BCUT2D eigenvalue weighted by Crippen LogP contribution is -2.54. The maximum atomic E-state index is 14.3. The van der Waals surface area contributed by atoms with Crippen LogP contribution in [0.2, 0.25) is 0 Å². The summed E-state index contributed by atoms with van der Waals surface area (Å²) >= 11 is 0. The number of nitrogens with one attached hydrogen (secondary N) is 2. The Kier molecular flexibility index (Phi) is 8.31. The minimum atomic E-state index is -3.05. The van der Waals surface area contributed by atoms with E-state index in [2.05, 4.69) is 20.6 Å². The molecular weight excluding hydrogens is 472 g/mol. The molecule has 9 nitrogen and oxygen atoms in total. The van der Waals surface area contributed by atoms with Crippen LogP contribution in [0, 0.1) is 6.92 Å². The van der Waals surface area contributed by atoms with Crippen LogP contribution in [-0.2, 0) is 4.74 Å². The Bertz CT molecular complexity index is 1090. The highest BCUT2D eigenvalue weighted by atomic mass is 19.3. The van der Waals surface area contributed by atoms with E-state index < -0.39 is 42.5 Å². The van der Waals surface area contributed by atoms with Crippen LogP contribution in [0.5, 0.6) is 5.75 Å². The second kappa shape index (κ2) is 11.0. The van der Waals surface area contributed by atoms with Crippen molar-refractivity contribution in [3.05, 3.63) is 41.7 Å². The second-order valence-electron chi connectivity index (χ2n) is 9.75. The molecule has 36 heavy (non-hydrogen) atoms. The van der Waals surface area contributed by atoms with Crippen LogP contribution in [0.25, 0.3) is 0 Å². The molecule has 2 N–H and O–H groups in total. The van der Waals surface area contributed by atoms with Gasteiger partial charge in [-0.2, -0.15) is 0 Å². The maximum absolute atomic E-state index is 14.3. The highest BCUT2D eigenvalue weighted by Gasteiger charge is 2.43. The molecule has 2 aromatic rings. The summed E-state index contributed by atoms with van der Waals surface area (Å²) < 4.78 is 39.4. The number of halogens is 2. The molecular formula is C25H33F2N5O4. The maximum Gasteiger partial charge on any atom is 0.407 e. The van der Waals surface area contributed by atoms with Gasteiger partial charge in [0.05, 0.1) is 19.2 Å². The first-order chi connectivity index (χ1) is 16.9. The van der Waals surface area contributed by atoms with Crippen LogP contribution in [0.15, 0.2) is 30.5 Å². The lowest BCUT2D eigenvalue weighted by Gasteiger charge is -2.39. The van der Waals surface area contributed by atoms with Crippen LogP contribution in [0.1, 0.15) is 56.6 Å². The van der Waals surface area contributed by atoms with Crippen LogP contribution >= 0.6 is 0 Å². The van der Waals surface area contributed by atoms with Crippen molar-refractivity contribution in [2.24, 2.45) is 0 Å². The zero-order chi connectivity index (χ0) is 26.5. The molecule has 1 atom stereocenters. The number of carbonyl (C=O) groups is 2. The van der Waals surface area contributed by atoms with Gasteiger partial charge in [-0.1, -0.05) is 6.07 Å². The minimum Gasteiger partial charge on any atom is -0.494 e. The molecule has 0 aromatic carbocycles. The SMILES string of the molecule is CCOc1ccnc(Nc2ccc(C)c(C(=O)N3CC(F)(F)CCC3COC(=O)NC(C)(C)C)n2)c1.